The van der Waals surface area contributed by atoms with Crippen molar-refractivity contribution in [2.45, 2.75) is 23.8 Å². The fourth-order valence-corrected chi connectivity index (χ4v) is 10.8. The molecule has 9 atom stereocenters. The first-order valence-corrected chi connectivity index (χ1v) is 13.8. The van der Waals surface area contributed by atoms with Crippen molar-refractivity contribution in [3.05, 3.63) is 65.1 Å². The highest BCUT2D eigenvalue weighted by Gasteiger charge is 2.79. The largest absolute Gasteiger partial charge is 0.490 e. The number of benzene rings is 1. The fourth-order valence-electron chi connectivity index (χ4n) is 8.55. The Bertz CT molecular complexity index is 1300. The van der Waals surface area contributed by atoms with Crippen molar-refractivity contribution in [1.29, 1.82) is 0 Å². The standard InChI is InChI=1S/C27H23Br2NO2/c28-11-27-18-10-17-23(27)25-16(21(26(27)31)22(18)24(17)29)9-15-13(4-5-20(15)32-25)8-12-2-1-3-19-14(12)6-7-30-19/h1-8,15,17-18,20-24,30H,9-11H2/b13-8-. The smallest absolute Gasteiger partial charge is 0.148 e. The highest BCUT2D eigenvalue weighted by atomic mass is 79.9. The third-order valence-electron chi connectivity index (χ3n) is 9.69. The van der Waals surface area contributed by atoms with E-state index in [1.807, 2.05) is 6.20 Å². The molecule has 6 aliphatic rings. The van der Waals surface area contributed by atoms with E-state index >= 15 is 0 Å². The molecule has 3 fully saturated rings. The summed E-state index contributed by atoms with van der Waals surface area (Å²) in [5.74, 6) is 3.80. The first-order chi connectivity index (χ1) is 15.6. The molecule has 9 unspecified atom stereocenters. The molecular formula is C27H23Br2NO2. The molecule has 8 rings (SSSR count). The van der Waals surface area contributed by atoms with E-state index in [2.05, 4.69) is 79.3 Å². The Morgan fingerprint density at radius 2 is 2.19 bits per heavy atom. The molecule has 0 spiro atoms. The third kappa shape index (κ3) is 1.96. The van der Waals surface area contributed by atoms with Gasteiger partial charge in [-0.2, -0.15) is 0 Å². The van der Waals surface area contributed by atoms with Crippen LogP contribution < -0.4 is 0 Å². The first-order valence-electron chi connectivity index (χ1n) is 11.7. The molecule has 1 aromatic carbocycles. The van der Waals surface area contributed by atoms with Crippen LogP contribution in [-0.4, -0.2) is 27.0 Å². The molecule has 2 aromatic rings. The summed E-state index contributed by atoms with van der Waals surface area (Å²) in [6, 6.07) is 8.56. The number of allylic oxidation sites excluding steroid dienone is 3. The number of aromatic amines is 1. The summed E-state index contributed by atoms with van der Waals surface area (Å²) in [6.07, 6.45) is 11.1. The summed E-state index contributed by atoms with van der Waals surface area (Å²) in [5, 5.41) is 2.03. The van der Waals surface area contributed by atoms with Gasteiger partial charge >= 0.3 is 0 Å². The summed E-state index contributed by atoms with van der Waals surface area (Å²) in [5.41, 5.74) is 4.85. The first kappa shape index (κ1) is 18.8. The second-order valence-corrected chi connectivity index (χ2v) is 12.2. The van der Waals surface area contributed by atoms with Crippen molar-refractivity contribution >= 4 is 54.6 Å². The van der Waals surface area contributed by atoms with E-state index in [4.69, 9.17) is 4.74 Å². The number of rotatable bonds is 2. The zero-order valence-corrected chi connectivity index (χ0v) is 20.6. The summed E-state index contributed by atoms with van der Waals surface area (Å²) in [6.45, 7) is 0. The number of aromatic nitrogens is 1. The Kier molecular flexibility index (Phi) is 3.58. The number of fused-ring (bicyclic) bond motifs is 6. The molecule has 1 aliphatic heterocycles. The van der Waals surface area contributed by atoms with Crippen LogP contribution in [0.25, 0.3) is 17.0 Å². The van der Waals surface area contributed by atoms with E-state index in [-0.39, 0.29) is 23.4 Å². The number of alkyl halides is 2. The lowest BCUT2D eigenvalue weighted by atomic mass is 9.64. The predicted octanol–water partition coefficient (Wildman–Crippen LogP) is 6.02. The number of H-pyrrole nitrogens is 1. The van der Waals surface area contributed by atoms with Crippen LogP contribution in [0.3, 0.4) is 0 Å². The highest BCUT2D eigenvalue weighted by Crippen LogP contribution is 2.77. The molecule has 5 heteroatoms. The van der Waals surface area contributed by atoms with Crippen LogP contribution >= 0.6 is 31.9 Å². The Morgan fingerprint density at radius 1 is 1.28 bits per heavy atom. The maximum Gasteiger partial charge on any atom is 0.148 e. The maximum atomic E-state index is 13.8. The van der Waals surface area contributed by atoms with E-state index in [9.17, 15) is 4.79 Å². The number of carbonyl (C=O) groups excluding carboxylic acids is 1. The number of halogens is 2. The Balaban J connectivity index is 1.23. The second-order valence-electron chi connectivity index (χ2n) is 10.6. The van der Waals surface area contributed by atoms with Gasteiger partial charge in [-0.15, -0.1) is 0 Å². The quantitative estimate of drug-likeness (QED) is 0.463. The minimum Gasteiger partial charge on any atom is -0.490 e. The third-order valence-corrected chi connectivity index (χ3v) is 11.9. The molecule has 3 nitrogen and oxygen atoms in total. The molecule has 5 bridgehead atoms. The van der Waals surface area contributed by atoms with Crippen LogP contribution in [0.1, 0.15) is 18.4 Å². The molecule has 1 aromatic heterocycles. The van der Waals surface area contributed by atoms with E-state index in [0.29, 0.717) is 34.3 Å². The highest BCUT2D eigenvalue weighted by molar-refractivity contribution is 9.09. The van der Waals surface area contributed by atoms with Crippen LogP contribution in [0, 0.1) is 40.9 Å². The number of Topliss-reactive ketones (excluding diaryl/α,β-unsaturated/α-hetero) is 1. The molecule has 0 saturated heterocycles. The zero-order chi connectivity index (χ0) is 21.4. The molecule has 5 aliphatic carbocycles. The minimum absolute atomic E-state index is 0.0524. The maximum absolute atomic E-state index is 13.8. The topological polar surface area (TPSA) is 42.1 Å². The van der Waals surface area contributed by atoms with Crippen molar-refractivity contribution in [2.24, 2.45) is 40.9 Å². The zero-order valence-electron chi connectivity index (χ0n) is 17.4. The number of hydrogen-bond donors (Lipinski definition) is 1. The van der Waals surface area contributed by atoms with E-state index in [1.54, 1.807) is 0 Å². The van der Waals surface area contributed by atoms with Crippen molar-refractivity contribution < 1.29 is 9.53 Å². The molecular weight excluding hydrogens is 530 g/mol. The van der Waals surface area contributed by atoms with Gasteiger partial charge in [-0.3, -0.25) is 4.79 Å². The minimum atomic E-state index is -0.221. The van der Waals surface area contributed by atoms with Gasteiger partial charge in [-0.25, -0.2) is 0 Å². The van der Waals surface area contributed by atoms with Gasteiger partial charge in [0.15, 0.2) is 0 Å². The predicted molar refractivity (Wildman–Crippen MR) is 131 cm³/mol. The Hall–Kier alpha value is -1.59. The van der Waals surface area contributed by atoms with Crippen molar-refractivity contribution in [3.8, 4) is 0 Å². The average Bonchev–Trinajstić information content (AvgIpc) is 3.56. The van der Waals surface area contributed by atoms with Gasteiger partial charge < -0.3 is 9.72 Å². The SMILES string of the molecule is O=C1C2C3=C(OC4C=C/C(=C/c5cccc6[nH]ccc56)C4C3)C3C4CC(C2C4Br)C13CBr. The monoisotopic (exact) mass is 551 g/mol. The van der Waals surface area contributed by atoms with Crippen LogP contribution in [0.15, 0.2) is 59.5 Å². The van der Waals surface area contributed by atoms with Gasteiger partial charge in [0, 0.05) is 45.0 Å². The summed E-state index contributed by atoms with van der Waals surface area (Å²) in [7, 11) is 0. The van der Waals surface area contributed by atoms with E-state index < -0.39 is 0 Å². The van der Waals surface area contributed by atoms with Gasteiger partial charge in [0.2, 0.25) is 0 Å². The van der Waals surface area contributed by atoms with Crippen LogP contribution in [-0.2, 0) is 9.53 Å². The molecule has 2 heterocycles. The van der Waals surface area contributed by atoms with Gasteiger partial charge in [-0.05, 0) is 65.5 Å². The lowest BCUT2D eigenvalue weighted by Gasteiger charge is -2.45. The van der Waals surface area contributed by atoms with Gasteiger partial charge in [0.25, 0.3) is 0 Å². The normalized spacial score (nSPS) is 45.9. The van der Waals surface area contributed by atoms with E-state index in [0.717, 1.165) is 17.3 Å². The average molecular weight is 553 g/mol. The van der Waals surface area contributed by atoms with Crippen LogP contribution in [0.4, 0.5) is 0 Å². The Morgan fingerprint density at radius 3 is 3.06 bits per heavy atom. The fraction of sp³-hybridized carbons (Fsp3) is 0.444. The number of ether oxygens (including phenoxy) is 1. The molecule has 0 radical (unpaired) electrons. The van der Waals surface area contributed by atoms with Crippen LogP contribution in [0.2, 0.25) is 0 Å². The molecule has 32 heavy (non-hydrogen) atoms. The van der Waals surface area contributed by atoms with Crippen molar-refractivity contribution in [1.82, 2.24) is 4.98 Å². The lowest BCUT2D eigenvalue weighted by Crippen LogP contribution is -2.48. The van der Waals surface area contributed by atoms with E-state index in [1.165, 1.54) is 34.3 Å². The van der Waals surface area contributed by atoms with Gasteiger partial charge in [0.05, 0.1) is 5.41 Å². The lowest BCUT2D eigenvalue weighted by molar-refractivity contribution is -0.132. The molecule has 0 amide bonds. The number of ketones is 1. The van der Waals surface area contributed by atoms with Crippen molar-refractivity contribution in [2.75, 3.05) is 5.33 Å². The number of hydrogen-bond acceptors (Lipinski definition) is 2. The summed E-state index contributed by atoms with van der Waals surface area (Å²) >= 11 is 7.82. The number of nitrogens with one attached hydrogen (secondary N) is 1. The second kappa shape index (κ2) is 6.09. The van der Waals surface area contributed by atoms with Crippen LogP contribution in [0.5, 0.6) is 0 Å². The Labute approximate surface area is 203 Å². The van der Waals surface area contributed by atoms with Gasteiger partial charge in [0.1, 0.15) is 17.6 Å². The van der Waals surface area contributed by atoms with Crippen molar-refractivity contribution in [3.63, 3.8) is 0 Å². The molecule has 1 N–H and O–H groups in total. The summed E-state index contributed by atoms with van der Waals surface area (Å²) in [4.78, 5) is 17.6. The van der Waals surface area contributed by atoms with Gasteiger partial charge in [-0.1, -0.05) is 56.1 Å². The molecule has 162 valence electrons. The molecule has 3 saturated carbocycles. The number of carbonyl (C=O) groups is 1. The summed E-state index contributed by atoms with van der Waals surface area (Å²) < 4.78 is 6.84.